The standard InChI is InChI=1S/C10H15N3O2/c1-11-4-3-7-5-10(14)9(13-15)6-8(7)12-2/h5-6,8,11-12H,3-4H2,1-2H3. The maximum Gasteiger partial charge on any atom is 0.207 e. The lowest BCUT2D eigenvalue weighted by Gasteiger charge is -2.19. The number of carbonyl (C=O) groups excluding carboxylic acids is 1. The minimum atomic E-state index is -0.303. The molecule has 0 saturated carbocycles. The number of nitroso groups, excluding NO2 is 1. The highest BCUT2D eigenvalue weighted by atomic mass is 16.3. The van der Waals surface area contributed by atoms with Crippen molar-refractivity contribution in [1.29, 1.82) is 0 Å². The Morgan fingerprint density at radius 1 is 1.47 bits per heavy atom. The van der Waals surface area contributed by atoms with Crippen LogP contribution in [0.2, 0.25) is 0 Å². The molecule has 1 atom stereocenters. The van der Waals surface area contributed by atoms with E-state index in [0.717, 1.165) is 18.5 Å². The highest BCUT2D eigenvalue weighted by Crippen LogP contribution is 2.18. The SMILES string of the molecule is CNCCC1=CC(=O)C(N=O)=CC1NC. The molecule has 15 heavy (non-hydrogen) atoms. The molecule has 0 radical (unpaired) electrons. The van der Waals surface area contributed by atoms with E-state index in [1.54, 1.807) is 13.1 Å². The Morgan fingerprint density at radius 2 is 2.20 bits per heavy atom. The van der Waals surface area contributed by atoms with E-state index in [-0.39, 0.29) is 17.5 Å². The largest absolute Gasteiger partial charge is 0.319 e. The number of likely N-dealkylation sites (N-methyl/N-ethyl adjacent to an activating group) is 1. The van der Waals surface area contributed by atoms with Crippen molar-refractivity contribution in [2.45, 2.75) is 12.5 Å². The number of hydrogen-bond donors (Lipinski definition) is 2. The monoisotopic (exact) mass is 209 g/mol. The van der Waals surface area contributed by atoms with Crippen LogP contribution < -0.4 is 10.6 Å². The van der Waals surface area contributed by atoms with Gasteiger partial charge in [-0.3, -0.25) is 4.79 Å². The number of hydrogen-bond acceptors (Lipinski definition) is 5. The van der Waals surface area contributed by atoms with Gasteiger partial charge in [0, 0.05) is 6.04 Å². The van der Waals surface area contributed by atoms with Crippen molar-refractivity contribution < 1.29 is 4.79 Å². The average Bonchev–Trinajstić information content (AvgIpc) is 2.26. The topological polar surface area (TPSA) is 70.6 Å². The molecule has 0 spiro atoms. The van der Waals surface area contributed by atoms with Gasteiger partial charge in [-0.2, -0.15) is 0 Å². The highest BCUT2D eigenvalue weighted by Gasteiger charge is 2.21. The second kappa shape index (κ2) is 5.53. The molecule has 0 saturated heterocycles. The Labute approximate surface area is 88.6 Å². The van der Waals surface area contributed by atoms with E-state index in [9.17, 15) is 9.70 Å². The van der Waals surface area contributed by atoms with Crippen LogP contribution in [0.3, 0.4) is 0 Å². The second-order valence-electron chi connectivity index (χ2n) is 3.35. The highest BCUT2D eigenvalue weighted by molar-refractivity contribution is 6.05. The third-order valence-corrected chi connectivity index (χ3v) is 2.37. The third-order valence-electron chi connectivity index (χ3n) is 2.37. The molecule has 0 aromatic rings. The Kier molecular flexibility index (Phi) is 4.33. The quantitative estimate of drug-likeness (QED) is 0.641. The van der Waals surface area contributed by atoms with Crippen LogP contribution in [0, 0.1) is 4.91 Å². The second-order valence-corrected chi connectivity index (χ2v) is 3.35. The molecule has 5 heteroatoms. The van der Waals surface area contributed by atoms with Crippen LogP contribution in [-0.2, 0) is 4.79 Å². The third kappa shape index (κ3) is 2.81. The van der Waals surface area contributed by atoms with Crippen LogP contribution in [-0.4, -0.2) is 32.5 Å². The van der Waals surface area contributed by atoms with E-state index < -0.39 is 0 Å². The van der Waals surface area contributed by atoms with Crippen LogP contribution in [0.5, 0.6) is 0 Å². The molecule has 0 heterocycles. The summed E-state index contributed by atoms with van der Waals surface area (Å²) in [6.45, 7) is 0.801. The lowest BCUT2D eigenvalue weighted by molar-refractivity contribution is -0.111. The maximum atomic E-state index is 11.4. The van der Waals surface area contributed by atoms with Crippen LogP contribution in [0.25, 0.3) is 0 Å². The van der Waals surface area contributed by atoms with Gasteiger partial charge in [0.1, 0.15) is 0 Å². The van der Waals surface area contributed by atoms with Crippen molar-refractivity contribution in [2.75, 3.05) is 20.6 Å². The van der Waals surface area contributed by atoms with Crippen molar-refractivity contribution in [3.8, 4) is 0 Å². The molecular weight excluding hydrogens is 194 g/mol. The first-order chi connectivity index (χ1) is 7.22. The van der Waals surface area contributed by atoms with Gasteiger partial charge in [0.25, 0.3) is 0 Å². The first-order valence-corrected chi connectivity index (χ1v) is 4.84. The van der Waals surface area contributed by atoms with Gasteiger partial charge in [-0.15, -0.1) is 4.91 Å². The van der Waals surface area contributed by atoms with Gasteiger partial charge in [0.2, 0.25) is 5.78 Å². The predicted molar refractivity (Wildman–Crippen MR) is 58.4 cm³/mol. The Bertz CT molecular complexity index is 321. The minimum Gasteiger partial charge on any atom is -0.319 e. The van der Waals surface area contributed by atoms with Crippen molar-refractivity contribution in [3.05, 3.63) is 28.3 Å². The molecule has 1 aliphatic carbocycles. The molecule has 0 fully saturated rings. The number of carbonyl (C=O) groups is 1. The molecule has 82 valence electrons. The minimum absolute atomic E-state index is 0.0115. The molecule has 5 nitrogen and oxygen atoms in total. The van der Waals surface area contributed by atoms with Crippen LogP contribution >= 0.6 is 0 Å². The van der Waals surface area contributed by atoms with Crippen molar-refractivity contribution in [3.63, 3.8) is 0 Å². The van der Waals surface area contributed by atoms with Crippen molar-refractivity contribution in [2.24, 2.45) is 5.18 Å². The average molecular weight is 209 g/mol. The van der Waals surface area contributed by atoms with E-state index in [0.29, 0.717) is 0 Å². The van der Waals surface area contributed by atoms with Crippen molar-refractivity contribution >= 4 is 5.78 Å². The van der Waals surface area contributed by atoms with Crippen LogP contribution in [0.1, 0.15) is 6.42 Å². The zero-order chi connectivity index (χ0) is 11.3. The molecule has 0 aromatic heterocycles. The Morgan fingerprint density at radius 3 is 2.73 bits per heavy atom. The van der Waals surface area contributed by atoms with E-state index in [1.165, 1.54) is 6.08 Å². The lowest BCUT2D eigenvalue weighted by atomic mass is 9.95. The summed E-state index contributed by atoms with van der Waals surface area (Å²) in [5, 5.41) is 8.74. The molecule has 0 aromatic carbocycles. The zero-order valence-electron chi connectivity index (χ0n) is 8.91. The number of ketones is 1. The molecule has 1 rings (SSSR count). The first kappa shape index (κ1) is 11.7. The summed E-state index contributed by atoms with van der Waals surface area (Å²) in [7, 11) is 3.64. The summed E-state index contributed by atoms with van der Waals surface area (Å²) < 4.78 is 0. The van der Waals surface area contributed by atoms with E-state index in [4.69, 9.17) is 0 Å². The van der Waals surface area contributed by atoms with Gasteiger partial charge in [-0.1, -0.05) is 0 Å². The molecule has 0 aliphatic heterocycles. The molecule has 2 N–H and O–H groups in total. The fourth-order valence-electron chi connectivity index (χ4n) is 1.52. The summed E-state index contributed by atoms with van der Waals surface area (Å²) in [6, 6.07) is -0.0660. The van der Waals surface area contributed by atoms with Gasteiger partial charge in [-0.25, -0.2) is 0 Å². The molecule has 0 amide bonds. The summed E-state index contributed by atoms with van der Waals surface area (Å²) in [4.78, 5) is 21.7. The summed E-state index contributed by atoms with van der Waals surface area (Å²) in [5.41, 5.74) is 0.965. The van der Waals surface area contributed by atoms with Crippen molar-refractivity contribution in [1.82, 2.24) is 10.6 Å². The lowest BCUT2D eigenvalue weighted by Crippen LogP contribution is -2.30. The summed E-state index contributed by atoms with van der Waals surface area (Å²) >= 11 is 0. The summed E-state index contributed by atoms with van der Waals surface area (Å²) in [6.07, 6.45) is 3.84. The summed E-state index contributed by atoms with van der Waals surface area (Å²) in [5.74, 6) is -0.303. The van der Waals surface area contributed by atoms with E-state index in [1.807, 2.05) is 7.05 Å². The number of nitrogens with zero attached hydrogens (tertiary/aromatic N) is 1. The fraction of sp³-hybridized carbons (Fsp3) is 0.500. The smallest absolute Gasteiger partial charge is 0.207 e. The zero-order valence-corrected chi connectivity index (χ0v) is 8.91. The van der Waals surface area contributed by atoms with Gasteiger partial charge in [0.15, 0.2) is 5.70 Å². The predicted octanol–water partition coefficient (Wildman–Crippen LogP) is 0.343. The van der Waals surface area contributed by atoms with Gasteiger partial charge >= 0.3 is 0 Å². The van der Waals surface area contributed by atoms with Gasteiger partial charge in [-0.05, 0) is 50.0 Å². The molecule has 1 aliphatic rings. The molecule has 1 unspecified atom stereocenters. The number of nitrogens with one attached hydrogen (secondary N) is 2. The number of rotatable bonds is 5. The molecule has 0 bridgehead atoms. The maximum absolute atomic E-state index is 11.4. The Hall–Kier alpha value is -1.33. The van der Waals surface area contributed by atoms with E-state index in [2.05, 4.69) is 15.8 Å². The Balaban J connectivity index is 2.80. The van der Waals surface area contributed by atoms with E-state index >= 15 is 0 Å². The normalized spacial score (nSPS) is 20.9. The number of allylic oxidation sites excluding steroid dienone is 1. The molecular formula is C10H15N3O2. The van der Waals surface area contributed by atoms with Gasteiger partial charge < -0.3 is 10.6 Å². The van der Waals surface area contributed by atoms with Crippen LogP contribution in [0.15, 0.2) is 28.6 Å². The first-order valence-electron chi connectivity index (χ1n) is 4.84. The fourth-order valence-corrected chi connectivity index (χ4v) is 1.52. The van der Waals surface area contributed by atoms with Gasteiger partial charge in [0.05, 0.1) is 0 Å². The van der Waals surface area contributed by atoms with Crippen LogP contribution in [0.4, 0.5) is 0 Å².